The second-order valence-corrected chi connectivity index (χ2v) is 5.32. The van der Waals surface area contributed by atoms with Gasteiger partial charge in [0, 0.05) is 31.9 Å². The second kappa shape index (κ2) is 9.10. The number of ether oxygens (including phenoxy) is 1. The molecule has 5 nitrogen and oxygen atoms in total. The molecule has 0 atom stereocenters. The SMILES string of the molecule is CCOC(=O)CCN(Cc1ccncc1)C(=O)CC(C)C. The van der Waals surface area contributed by atoms with Crippen LogP contribution in [0.1, 0.15) is 39.2 Å². The molecule has 0 unspecified atom stereocenters. The number of pyridine rings is 1. The second-order valence-electron chi connectivity index (χ2n) is 5.32. The number of hydrogen-bond donors (Lipinski definition) is 0. The van der Waals surface area contributed by atoms with Crippen molar-refractivity contribution in [2.24, 2.45) is 5.92 Å². The standard InChI is InChI=1S/C16H24N2O3/c1-4-21-16(20)7-10-18(15(19)11-13(2)3)12-14-5-8-17-9-6-14/h5-6,8-9,13H,4,7,10-12H2,1-3H3. The first-order chi connectivity index (χ1) is 10.0. The van der Waals surface area contributed by atoms with Crippen molar-refractivity contribution >= 4 is 11.9 Å². The Kier molecular flexibility index (Phi) is 7.43. The Balaban J connectivity index is 2.65. The van der Waals surface area contributed by atoms with Crippen LogP contribution in [0.15, 0.2) is 24.5 Å². The van der Waals surface area contributed by atoms with Crippen LogP contribution in [0.2, 0.25) is 0 Å². The van der Waals surface area contributed by atoms with E-state index in [1.165, 1.54) is 0 Å². The summed E-state index contributed by atoms with van der Waals surface area (Å²) in [6.07, 6.45) is 4.11. The maximum absolute atomic E-state index is 12.3. The first kappa shape index (κ1) is 17.1. The zero-order valence-electron chi connectivity index (χ0n) is 13.0. The van der Waals surface area contributed by atoms with Crippen molar-refractivity contribution in [3.05, 3.63) is 30.1 Å². The molecular weight excluding hydrogens is 268 g/mol. The fourth-order valence-electron chi connectivity index (χ4n) is 1.94. The third-order valence-corrected chi connectivity index (χ3v) is 2.95. The molecule has 0 radical (unpaired) electrons. The van der Waals surface area contributed by atoms with Crippen LogP contribution in [0.3, 0.4) is 0 Å². The van der Waals surface area contributed by atoms with Gasteiger partial charge in [-0.05, 0) is 30.5 Å². The summed E-state index contributed by atoms with van der Waals surface area (Å²) in [4.78, 5) is 29.4. The Morgan fingerprint density at radius 3 is 2.52 bits per heavy atom. The normalized spacial score (nSPS) is 10.5. The average molecular weight is 292 g/mol. The van der Waals surface area contributed by atoms with Gasteiger partial charge in [-0.2, -0.15) is 0 Å². The van der Waals surface area contributed by atoms with Gasteiger partial charge in [0.15, 0.2) is 0 Å². The van der Waals surface area contributed by atoms with Crippen molar-refractivity contribution < 1.29 is 14.3 Å². The lowest BCUT2D eigenvalue weighted by atomic mass is 10.1. The third-order valence-electron chi connectivity index (χ3n) is 2.95. The van der Waals surface area contributed by atoms with E-state index in [0.29, 0.717) is 32.0 Å². The maximum atomic E-state index is 12.3. The minimum atomic E-state index is -0.269. The van der Waals surface area contributed by atoms with Gasteiger partial charge in [-0.1, -0.05) is 13.8 Å². The molecule has 0 aromatic carbocycles. The molecule has 0 saturated heterocycles. The van der Waals surface area contributed by atoms with Gasteiger partial charge in [0.25, 0.3) is 0 Å². The van der Waals surface area contributed by atoms with Gasteiger partial charge in [0.2, 0.25) is 5.91 Å². The lowest BCUT2D eigenvalue weighted by Crippen LogP contribution is -2.33. The molecule has 0 saturated carbocycles. The highest BCUT2D eigenvalue weighted by atomic mass is 16.5. The Bertz CT molecular complexity index is 446. The zero-order chi connectivity index (χ0) is 15.7. The average Bonchev–Trinajstić information content (AvgIpc) is 2.44. The molecule has 1 rings (SSSR count). The van der Waals surface area contributed by atoms with E-state index >= 15 is 0 Å². The van der Waals surface area contributed by atoms with Crippen LogP contribution in [-0.2, 0) is 20.9 Å². The van der Waals surface area contributed by atoms with Crippen LogP contribution >= 0.6 is 0 Å². The van der Waals surface area contributed by atoms with Crippen LogP contribution < -0.4 is 0 Å². The number of aromatic nitrogens is 1. The Morgan fingerprint density at radius 1 is 1.29 bits per heavy atom. The fraction of sp³-hybridized carbons (Fsp3) is 0.562. The predicted molar refractivity (Wildman–Crippen MR) is 80.4 cm³/mol. The van der Waals surface area contributed by atoms with E-state index in [4.69, 9.17) is 4.74 Å². The number of amides is 1. The quantitative estimate of drug-likeness (QED) is 0.690. The van der Waals surface area contributed by atoms with Crippen molar-refractivity contribution in [1.29, 1.82) is 0 Å². The van der Waals surface area contributed by atoms with Crippen LogP contribution in [-0.4, -0.2) is 34.9 Å². The van der Waals surface area contributed by atoms with E-state index < -0.39 is 0 Å². The van der Waals surface area contributed by atoms with Crippen molar-refractivity contribution in [1.82, 2.24) is 9.88 Å². The Labute approximate surface area is 126 Å². The molecule has 0 bridgehead atoms. The van der Waals surface area contributed by atoms with Crippen LogP contribution in [0.4, 0.5) is 0 Å². The number of carbonyl (C=O) groups excluding carboxylic acids is 2. The highest BCUT2D eigenvalue weighted by Gasteiger charge is 2.17. The van der Waals surface area contributed by atoms with Crippen molar-refractivity contribution in [2.75, 3.05) is 13.2 Å². The molecular formula is C16H24N2O3. The van der Waals surface area contributed by atoms with Crippen LogP contribution in [0.25, 0.3) is 0 Å². The van der Waals surface area contributed by atoms with Crippen LogP contribution in [0.5, 0.6) is 0 Å². The number of esters is 1. The molecule has 5 heteroatoms. The zero-order valence-corrected chi connectivity index (χ0v) is 13.0. The van der Waals surface area contributed by atoms with Gasteiger partial charge < -0.3 is 9.64 Å². The Hall–Kier alpha value is -1.91. The number of carbonyl (C=O) groups is 2. The van der Waals surface area contributed by atoms with Crippen LogP contribution in [0, 0.1) is 5.92 Å². The maximum Gasteiger partial charge on any atom is 0.307 e. The van der Waals surface area contributed by atoms with Crippen molar-refractivity contribution in [2.45, 2.75) is 40.2 Å². The molecule has 0 N–H and O–H groups in total. The molecule has 0 aliphatic carbocycles. The molecule has 116 valence electrons. The molecule has 0 spiro atoms. The molecule has 1 heterocycles. The molecule has 21 heavy (non-hydrogen) atoms. The van der Waals surface area contributed by atoms with E-state index in [9.17, 15) is 9.59 Å². The number of nitrogens with zero attached hydrogens (tertiary/aromatic N) is 2. The van der Waals surface area contributed by atoms with Crippen molar-refractivity contribution in [3.8, 4) is 0 Å². The Morgan fingerprint density at radius 2 is 1.95 bits per heavy atom. The summed E-state index contributed by atoms with van der Waals surface area (Å²) in [7, 11) is 0. The summed E-state index contributed by atoms with van der Waals surface area (Å²) in [5.41, 5.74) is 1.01. The summed E-state index contributed by atoms with van der Waals surface area (Å²) < 4.78 is 4.92. The minimum Gasteiger partial charge on any atom is -0.466 e. The summed E-state index contributed by atoms with van der Waals surface area (Å²) in [5, 5.41) is 0. The van der Waals surface area contributed by atoms with Crippen molar-refractivity contribution in [3.63, 3.8) is 0 Å². The monoisotopic (exact) mass is 292 g/mol. The minimum absolute atomic E-state index is 0.0612. The molecule has 1 aromatic rings. The lowest BCUT2D eigenvalue weighted by molar-refractivity contribution is -0.144. The van der Waals surface area contributed by atoms with Gasteiger partial charge in [0.05, 0.1) is 13.0 Å². The molecule has 0 fully saturated rings. The largest absolute Gasteiger partial charge is 0.466 e. The highest BCUT2D eigenvalue weighted by Crippen LogP contribution is 2.10. The summed E-state index contributed by atoms with van der Waals surface area (Å²) in [6, 6.07) is 3.75. The topological polar surface area (TPSA) is 59.5 Å². The first-order valence-electron chi connectivity index (χ1n) is 7.35. The molecule has 1 amide bonds. The van der Waals surface area contributed by atoms with E-state index in [0.717, 1.165) is 5.56 Å². The van der Waals surface area contributed by atoms with E-state index in [-0.39, 0.29) is 18.3 Å². The van der Waals surface area contributed by atoms with Gasteiger partial charge in [-0.15, -0.1) is 0 Å². The van der Waals surface area contributed by atoms with Gasteiger partial charge in [-0.25, -0.2) is 0 Å². The molecule has 0 aliphatic rings. The summed E-state index contributed by atoms with van der Waals surface area (Å²) >= 11 is 0. The lowest BCUT2D eigenvalue weighted by Gasteiger charge is -2.23. The fourth-order valence-corrected chi connectivity index (χ4v) is 1.94. The first-order valence-corrected chi connectivity index (χ1v) is 7.35. The van der Waals surface area contributed by atoms with E-state index in [2.05, 4.69) is 4.98 Å². The summed E-state index contributed by atoms with van der Waals surface area (Å²) in [5.74, 6) is 0.0840. The highest BCUT2D eigenvalue weighted by molar-refractivity contribution is 5.77. The van der Waals surface area contributed by atoms with E-state index in [1.807, 2.05) is 26.0 Å². The number of hydrogen-bond acceptors (Lipinski definition) is 4. The van der Waals surface area contributed by atoms with Gasteiger partial charge in [0.1, 0.15) is 0 Å². The molecule has 1 aromatic heterocycles. The third kappa shape index (κ3) is 6.88. The van der Waals surface area contributed by atoms with Gasteiger partial charge in [-0.3, -0.25) is 14.6 Å². The smallest absolute Gasteiger partial charge is 0.307 e. The van der Waals surface area contributed by atoms with E-state index in [1.54, 1.807) is 24.2 Å². The van der Waals surface area contributed by atoms with Gasteiger partial charge >= 0.3 is 5.97 Å². The summed E-state index contributed by atoms with van der Waals surface area (Å²) in [6.45, 7) is 7.03. The number of rotatable bonds is 8. The predicted octanol–water partition coefficient (Wildman–Crippen LogP) is 2.41. The molecule has 0 aliphatic heterocycles.